The lowest BCUT2D eigenvalue weighted by Crippen LogP contribution is -2.50. The van der Waals surface area contributed by atoms with E-state index in [4.69, 9.17) is 10.2 Å². The topological polar surface area (TPSA) is 141 Å². The number of nitrogens with zero attached hydrogens (tertiary/aromatic N) is 1. The summed E-state index contributed by atoms with van der Waals surface area (Å²) in [6.07, 6.45) is 0.113. The first-order valence-electron chi connectivity index (χ1n) is 7.74. The molecule has 0 radical (unpaired) electrons. The molecule has 0 bridgehead atoms. The van der Waals surface area contributed by atoms with E-state index in [1.807, 2.05) is 13.8 Å². The number of sulfone groups is 1. The number of carboxylic acids is 1. The van der Waals surface area contributed by atoms with Gasteiger partial charge in [0.25, 0.3) is 0 Å². The highest BCUT2D eigenvalue weighted by atomic mass is 32.2. The summed E-state index contributed by atoms with van der Waals surface area (Å²) in [6.45, 7) is 3.96. The number of amides is 2. The molecule has 1 aliphatic rings. The van der Waals surface area contributed by atoms with E-state index in [0.717, 1.165) is 4.90 Å². The molecule has 9 nitrogen and oxygen atoms in total. The van der Waals surface area contributed by atoms with Crippen molar-refractivity contribution in [1.82, 2.24) is 10.2 Å². The van der Waals surface area contributed by atoms with Crippen molar-refractivity contribution in [1.29, 1.82) is 0 Å². The van der Waals surface area contributed by atoms with E-state index in [9.17, 15) is 22.8 Å². The molecule has 10 heteroatoms. The lowest BCUT2D eigenvalue weighted by Gasteiger charge is -2.25. The first-order chi connectivity index (χ1) is 11.0. The molecule has 1 aliphatic heterocycles. The summed E-state index contributed by atoms with van der Waals surface area (Å²) in [6, 6.07) is -1.59. The van der Waals surface area contributed by atoms with Crippen LogP contribution in [0.15, 0.2) is 0 Å². The zero-order valence-corrected chi connectivity index (χ0v) is 14.6. The molecule has 1 heterocycles. The molecule has 1 saturated heterocycles. The third-order valence-corrected chi connectivity index (χ3v) is 5.30. The Morgan fingerprint density at radius 3 is 2.38 bits per heavy atom. The minimum atomic E-state index is -3.87. The highest BCUT2D eigenvalue weighted by molar-refractivity contribution is 7.92. The lowest BCUT2D eigenvalue weighted by atomic mass is 10.0. The number of carbonyl (C=O) groups is 3. The van der Waals surface area contributed by atoms with E-state index in [0.29, 0.717) is 19.3 Å². The normalized spacial score (nSPS) is 19.3. The summed E-state index contributed by atoms with van der Waals surface area (Å²) >= 11 is 0. The minimum absolute atomic E-state index is 0.0782. The molecule has 0 spiro atoms. The van der Waals surface area contributed by atoms with Crippen LogP contribution in [-0.2, 0) is 19.4 Å². The first kappa shape index (κ1) is 20.2. The second kappa shape index (κ2) is 8.32. The van der Waals surface area contributed by atoms with E-state index in [2.05, 4.69) is 5.32 Å². The van der Waals surface area contributed by atoms with Crippen molar-refractivity contribution >= 4 is 27.8 Å². The third-order valence-electron chi connectivity index (χ3n) is 3.70. The van der Waals surface area contributed by atoms with Gasteiger partial charge in [0.15, 0.2) is 9.84 Å². The number of hydrogen-bond donors (Lipinski definition) is 3. The zero-order valence-electron chi connectivity index (χ0n) is 13.8. The Balaban J connectivity index is 2.80. The van der Waals surface area contributed by atoms with Crippen molar-refractivity contribution in [2.75, 3.05) is 18.1 Å². The molecular formula is C14H24N2O7S. The van der Waals surface area contributed by atoms with Gasteiger partial charge >= 0.3 is 12.1 Å². The third kappa shape index (κ3) is 6.34. The number of carboxylic acid groups (broad SMARTS) is 2. The van der Waals surface area contributed by atoms with Gasteiger partial charge in [-0.1, -0.05) is 13.8 Å². The molecule has 0 aliphatic carbocycles. The Labute approximate surface area is 140 Å². The predicted octanol–water partition coefficient (Wildman–Crippen LogP) is 0.159. The number of rotatable bonds is 8. The van der Waals surface area contributed by atoms with E-state index < -0.39 is 51.4 Å². The minimum Gasteiger partial charge on any atom is -0.480 e. The van der Waals surface area contributed by atoms with E-state index in [-0.39, 0.29) is 12.5 Å². The van der Waals surface area contributed by atoms with Crippen LogP contribution in [0.5, 0.6) is 0 Å². The van der Waals surface area contributed by atoms with Gasteiger partial charge in [0.1, 0.15) is 11.8 Å². The van der Waals surface area contributed by atoms with Crippen molar-refractivity contribution in [3.8, 4) is 0 Å². The van der Waals surface area contributed by atoms with E-state index in [1.54, 1.807) is 0 Å². The van der Waals surface area contributed by atoms with E-state index >= 15 is 0 Å². The van der Waals surface area contributed by atoms with Crippen molar-refractivity contribution in [3.05, 3.63) is 0 Å². The maximum atomic E-state index is 12.3. The molecule has 3 N–H and O–H groups in total. The average Bonchev–Trinajstić information content (AvgIpc) is 2.84. The van der Waals surface area contributed by atoms with Crippen LogP contribution < -0.4 is 5.32 Å². The molecule has 1 rings (SSSR count). The second-order valence-electron chi connectivity index (χ2n) is 6.42. The summed E-state index contributed by atoms with van der Waals surface area (Å²) < 4.78 is 23.7. The van der Waals surface area contributed by atoms with Gasteiger partial charge in [0.2, 0.25) is 5.91 Å². The Morgan fingerprint density at radius 1 is 1.25 bits per heavy atom. The monoisotopic (exact) mass is 364 g/mol. The van der Waals surface area contributed by atoms with Crippen LogP contribution in [0.2, 0.25) is 0 Å². The van der Waals surface area contributed by atoms with E-state index in [1.165, 1.54) is 0 Å². The van der Waals surface area contributed by atoms with Crippen LogP contribution in [0, 0.1) is 5.92 Å². The van der Waals surface area contributed by atoms with Crippen molar-refractivity contribution < 1.29 is 33.0 Å². The van der Waals surface area contributed by atoms with Crippen LogP contribution in [-0.4, -0.2) is 71.6 Å². The Kier molecular flexibility index (Phi) is 7.00. The number of likely N-dealkylation sites (tertiary alicyclic amines) is 1. The van der Waals surface area contributed by atoms with Crippen molar-refractivity contribution in [2.24, 2.45) is 5.92 Å². The number of aliphatic carboxylic acids is 1. The fourth-order valence-corrected chi connectivity index (χ4v) is 4.18. The standard InChI is InChI=1S/C14H24N2O7S/c1-9(2)6-10(7-24(22,23)8-12(17)18)15-13(19)11-4-3-5-16(11)14(20)21/h9-11H,3-8H2,1-2H3,(H,15,19)(H,17,18)(H,20,21). The molecule has 2 amide bonds. The Morgan fingerprint density at radius 2 is 1.88 bits per heavy atom. The largest absolute Gasteiger partial charge is 0.480 e. The molecule has 0 aromatic carbocycles. The summed E-state index contributed by atoms with van der Waals surface area (Å²) in [4.78, 5) is 35.1. The van der Waals surface area contributed by atoms with Crippen LogP contribution in [0.4, 0.5) is 4.79 Å². The fourth-order valence-electron chi connectivity index (χ4n) is 2.86. The maximum Gasteiger partial charge on any atom is 0.407 e. The van der Waals surface area contributed by atoms with Gasteiger partial charge in [-0.3, -0.25) is 14.5 Å². The second-order valence-corrected chi connectivity index (χ2v) is 8.53. The number of hydrogen-bond acceptors (Lipinski definition) is 5. The highest BCUT2D eigenvalue weighted by Gasteiger charge is 2.35. The summed E-state index contributed by atoms with van der Waals surface area (Å²) in [5.74, 6) is -3.39. The van der Waals surface area contributed by atoms with Gasteiger partial charge in [-0.15, -0.1) is 0 Å². The van der Waals surface area contributed by atoms with Crippen molar-refractivity contribution in [2.45, 2.75) is 45.2 Å². The molecule has 2 atom stereocenters. The van der Waals surface area contributed by atoms with Gasteiger partial charge in [0.05, 0.1) is 5.75 Å². The summed E-state index contributed by atoms with van der Waals surface area (Å²) in [5.41, 5.74) is 0. The van der Waals surface area contributed by atoms with Crippen LogP contribution in [0.3, 0.4) is 0 Å². The first-order valence-corrected chi connectivity index (χ1v) is 9.56. The molecular weight excluding hydrogens is 340 g/mol. The quantitative estimate of drug-likeness (QED) is 0.557. The predicted molar refractivity (Wildman–Crippen MR) is 85.4 cm³/mol. The van der Waals surface area contributed by atoms with Gasteiger partial charge in [0, 0.05) is 12.6 Å². The lowest BCUT2D eigenvalue weighted by molar-refractivity contribution is -0.134. The maximum absolute atomic E-state index is 12.3. The molecule has 1 fully saturated rings. The average molecular weight is 364 g/mol. The number of carbonyl (C=O) groups excluding carboxylic acids is 1. The Bertz CT molecular complexity index is 588. The van der Waals surface area contributed by atoms with Crippen LogP contribution in [0.1, 0.15) is 33.1 Å². The van der Waals surface area contributed by atoms with Gasteiger partial charge in [-0.05, 0) is 25.2 Å². The molecule has 0 saturated carbocycles. The molecule has 2 unspecified atom stereocenters. The molecule has 138 valence electrons. The highest BCUT2D eigenvalue weighted by Crippen LogP contribution is 2.18. The molecule has 0 aromatic heterocycles. The summed E-state index contributed by atoms with van der Waals surface area (Å²) in [5, 5.41) is 20.3. The zero-order chi connectivity index (χ0) is 18.5. The van der Waals surface area contributed by atoms with Gasteiger partial charge < -0.3 is 15.5 Å². The number of nitrogens with one attached hydrogen (secondary N) is 1. The van der Waals surface area contributed by atoms with Crippen LogP contribution in [0.25, 0.3) is 0 Å². The molecule has 0 aromatic rings. The van der Waals surface area contributed by atoms with Crippen LogP contribution >= 0.6 is 0 Å². The SMILES string of the molecule is CC(C)CC(CS(=O)(=O)CC(=O)O)NC(=O)C1CCCN1C(=O)O. The fraction of sp³-hybridized carbons (Fsp3) is 0.786. The van der Waals surface area contributed by atoms with Crippen molar-refractivity contribution in [3.63, 3.8) is 0 Å². The Hall–Kier alpha value is -1.84. The van der Waals surface area contributed by atoms with Gasteiger partial charge in [-0.2, -0.15) is 0 Å². The molecule has 24 heavy (non-hydrogen) atoms. The van der Waals surface area contributed by atoms with Gasteiger partial charge in [-0.25, -0.2) is 13.2 Å². The summed E-state index contributed by atoms with van der Waals surface area (Å²) in [7, 11) is -3.87. The smallest absolute Gasteiger partial charge is 0.407 e.